The van der Waals surface area contributed by atoms with E-state index in [0.29, 0.717) is 0 Å². The molecule has 6 heavy (non-hydrogen) atoms. The van der Waals surface area contributed by atoms with Crippen molar-refractivity contribution in [3.8, 4) is 0 Å². The molecular formula is C4H13NaSi. The topological polar surface area (TPSA) is 0 Å². The summed E-state index contributed by atoms with van der Waals surface area (Å²) in [6.45, 7) is 9.31. The molecule has 0 aliphatic carbocycles. The van der Waals surface area contributed by atoms with Gasteiger partial charge in [0.1, 0.15) is 0 Å². The molecule has 0 radical (unpaired) electrons. The second-order valence-electron chi connectivity index (χ2n) is 3.00. The van der Waals surface area contributed by atoms with Gasteiger partial charge in [-0.25, -0.2) is 0 Å². The summed E-state index contributed by atoms with van der Waals surface area (Å²) in [7, 11) is -0.611. The van der Waals surface area contributed by atoms with Crippen molar-refractivity contribution in [1.82, 2.24) is 0 Å². The van der Waals surface area contributed by atoms with Crippen LogP contribution in [0.1, 0.15) is 1.43 Å². The molecule has 0 fully saturated rings. The van der Waals surface area contributed by atoms with Crippen LogP contribution in [0.5, 0.6) is 0 Å². The van der Waals surface area contributed by atoms with Crippen LogP contribution < -0.4 is 29.6 Å². The molecular weight excluding hydrogens is 99.1 g/mol. The molecule has 0 atom stereocenters. The summed E-state index contributed by atoms with van der Waals surface area (Å²) in [5, 5.41) is 0. The van der Waals surface area contributed by atoms with Gasteiger partial charge in [0.15, 0.2) is 0 Å². The molecule has 0 N–H and O–H groups in total. The van der Waals surface area contributed by atoms with E-state index in [1.54, 1.807) is 0 Å². The van der Waals surface area contributed by atoms with Crippen LogP contribution in [0.3, 0.4) is 0 Å². The minimum absolute atomic E-state index is 0. The quantitative estimate of drug-likeness (QED) is 0.355. The van der Waals surface area contributed by atoms with E-state index in [0.717, 1.165) is 0 Å². The van der Waals surface area contributed by atoms with E-state index in [4.69, 9.17) is 0 Å². The van der Waals surface area contributed by atoms with Gasteiger partial charge in [-0.3, -0.25) is 0 Å². The molecule has 0 saturated carbocycles. The molecule has 0 nitrogen and oxygen atoms in total. The van der Waals surface area contributed by atoms with Crippen LogP contribution in [-0.4, -0.2) is 8.07 Å². The predicted octanol–water partition coefficient (Wildman–Crippen LogP) is -0.929. The molecule has 0 aliphatic rings. The van der Waals surface area contributed by atoms with Crippen molar-refractivity contribution in [2.24, 2.45) is 0 Å². The molecule has 2 heteroatoms. The Bertz CT molecular complexity index is 27.2. The van der Waals surface area contributed by atoms with Crippen molar-refractivity contribution in [2.75, 3.05) is 0 Å². The first kappa shape index (κ1) is 10.2. The van der Waals surface area contributed by atoms with Gasteiger partial charge in [0.05, 0.1) is 0 Å². The van der Waals surface area contributed by atoms with Crippen molar-refractivity contribution in [3.05, 3.63) is 0 Å². The van der Waals surface area contributed by atoms with Gasteiger partial charge in [-0.2, -0.15) is 0 Å². The van der Waals surface area contributed by atoms with E-state index in [-0.39, 0.29) is 31.0 Å². The summed E-state index contributed by atoms with van der Waals surface area (Å²) < 4.78 is 0. The first-order valence-electron chi connectivity index (χ1n) is 2.00. The summed E-state index contributed by atoms with van der Waals surface area (Å²) in [4.78, 5) is 0. The maximum absolute atomic E-state index is 2.33. The van der Waals surface area contributed by atoms with Crippen LogP contribution in [0.15, 0.2) is 0 Å². The van der Waals surface area contributed by atoms with Gasteiger partial charge in [0.2, 0.25) is 0 Å². The molecule has 0 aromatic carbocycles. The molecule has 34 valence electrons. The normalized spacial score (nSPS) is 10.0. The van der Waals surface area contributed by atoms with Crippen molar-refractivity contribution in [2.45, 2.75) is 26.2 Å². The number of hydrogen-bond acceptors (Lipinski definition) is 0. The maximum atomic E-state index is 2.33. The van der Waals surface area contributed by atoms with E-state index >= 15 is 0 Å². The minimum atomic E-state index is -0.611. The maximum Gasteiger partial charge on any atom is 1.00 e. The summed E-state index contributed by atoms with van der Waals surface area (Å²) in [5.74, 6) is 0. The Hall–Kier alpha value is 1.22. The fourth-order valence-electron chi connectivity index (χ4n) is 0. The molecule has 0 aromatic rings. The van der Waals surface area contributed by atoms with Gasteiger partial charge >= 0.3 is 29.6 Å². The molecule has 0 spiro atoms. The summed E-state index contributed by atoms with van der Waals surface area (Å²) in [6.07, 6.45) is 0. The standard InChI is InChI=1S/C4H12Si.Na.H/c1-5(2,3)4;;/h1-4H3;;/q;+1;-1. The van der Waals surface area contributed by atoms with Gasteiger partial charge in [-0.15, -0.1) is 0 Å². The fraction of sp³-hybridized carbons (Fsp3) is 1.00. The summed E-state index contributed by atoms with van der Waals surface area (Å²) >= 11 is 0. The van der Waals surface area contributed by atoms with Crippen LogP contribution in [0.25, 0.3) is 0 Å². The Labute approximate surface area is 65.1 Å². The van der Waals surface area contributed by atoms with Gasteiger partial charge in [0.25, 0.3) is 0 Å². The third-order valence-corrected chi connectivity index (χ3v) is 0. The number of hydrogen-bond donors (Lipinski definition) is 0. The van der Waals surface area contributed by atoms with Crippen molar-refractivity contribution in [1.29, 1.82) is 0 Å². The first-order chi connectivity index (χ1) is 2.00. The Morgan fingerprint density at radius 3 is 1.00 bits per heavy atom. The van der Waals surface area contributed by atoms with Crippen molar-refractivity contribution in [3.63, 3.8) is 0 Å². The molecule has 0 aromatic heterocycles. The minimum Gasteiger partial charge on any atom is -1.00 e. The van der Waals surface area contributed by atoms with Gasteiger partial charge in [-0.1, -0.05) is 26.2 Å². The van der Waals surface area contributed by atoms with E-state index in [1.807, 2.05) is 0 Å². The monoisotopic (exact) mass is 112 g/mol. The zero-order valence-corrected chi connectivity index (χ0v) is 8.50. The van der Waals surface area contributed by atoms with Crippen molar-refractivity contribution < 1.29 is 31.0 Å². The van der Waals surface area contributed by atoms with Gasteiger partial charge in [-0.05, 0) is 0 Å². The number of rotatable bonds is 0. The molecule has 0 unspecified atom stereocenters. The van der Waals surface area contributed by atoms with Crippen molar-refractivity contribution >= 4 is 8.07 Å². The average Bonchev–Trinajstić information content (AvgIpc) is 0.722. The molecule has 0 heterocycles. The Kier molecular flexibility index (Phi) is 5.55. The third kappa shape index (κ3) is 62.6. The Morgan fingerprint density at radius 2 is 1.00 bits per heavy atom. The molecule has 0 aliphatic heterocycles. The van der Waals surface area contributed by atoms with Gasteiger partial charge in [0, 0.05) is 8.07 Å². The fourth-order valence-corrected chi connectivity index (χ4v) is 0. The van der Waals surface area contributed by atoms with E-state index < -0.39 is 8.07 Å². The summed E-state index contributed by atoms with van der Waals surface area (Å²) in [6, 6.07) is 0. The second-order valence-corrected chi connectivity index (χ2v) is 9.00. The summed E-state index contributed by atoms with van der Waals surface area (Å²) in [5.41, 5.74) is 0. The van der Waals surface area contributed by atoms with E-state index in [2.05, 4.69) is 26.2 Å². The second kappa shape index (κ2) is 3.25. The van der Waals surface area contributed by atoms with E-state index in [9.17, 15) is 0 Å². The van der Waals surface area contributed by atoms with Crippen LogP contribution >= 0.6 is 0 Å². The molecule has 0 bridgehead atoms. The molecule has 0 amide bonds. The van der Waals surface area contributed by atoms with Crippen LogP contribution in [-0.2, 0) is 0 Å². The van der Waals surface area contributed by atoms with Gasteiger partial charge < -0.3 is 1.43 Å². The largest absolute Gasteiger partial charge is 1.00 e. The first-order valence-corrected chi connectivity index (χ1v) is 6.00. The zero-order chi connectivity index (χ0) is 4.50. The van der Waals surface area contributed by atoms with Crippen LogP contribution in [0.2, 0.25) is 26.2 Å². The SMILES string of the molecule is C[Si](C)(C)C.[H-].[Na+]. The van der Waals surface area contributed by atoms with Crippen LogP contribution in [0, 0.1) is 0 Å². The predicted molar refractivity (Wildman–Crippen MR) is 30.3 cm³/mol. The zero-order valence-electron chi connectivity index (χ0n) is 6.50. The Morgan fingerprint density at radius 1 is 1.00 bits per heavy atom. The average molecular weight is 112 g/mol. The third-order valence-electron chi connectivity index (χ3n) is 0. The molecule has 0 saturated heterocycles. The van der Waals surface area contributed by atoms with Crippen LogP contribution in [0.4, 0.5) is 0 Å². The molecule has 0 rings (SSSR count). The van der Waals surface area contributed by atoms with E-state index in [1.165, 1.54) is 0 Å². The Balaban J connectivity index is -0.0000000800. The smallest absolute Gasteiger partial charge is 1.00 e.